The predicted octanol–water partition coefficient (Wildman–Crippen LogP) is 4.40. The molecule has 146 valence electrons. The molecule has 0 aromatic heterocycles. The van der Waals surface area contributed by atoms with E-state index in [4.69, 9.17) is 14.7 Å². The zero-order valence-corrected chi connectivity index (χ0v) is 15.5. The van der Waals surface area contributed by atoms with Crippen molar-refractivity contribution >= 4 is 11.8 Å². The maximum absolute atomic E-state index is 12.9. The number of carbonyl (C=O) groups excluding carboxylic acids is 2. The second kappa shape index (κ2) is 9.13. The Kier molecular flexibility index (Phi) is 6.17. The van der Waals surface area contributed by atoms with Crippen molar-refractivity contribution in [1.82, 2.24) is 0 Å². The molecule has 3 rings (SSSR count). The first-order chi connectivity index (χ1) is 14.5. The number of nitriles is 2. The van der Waals surface area contributed by atoms with Crippen molar-refractivity contribution in [3.8, 4) is 23.6 Å². The summed E-state index contributed by atoms with van der Waals surface area (Å²) in [6.45, 7) is -0.502. The Morgan fingerprint density at radius 1 is 0.900 bits per heavy atom. The highest BCUT2D eigenvalue weighted by molar-refractivity contribution is 5.99. The van der Waals surface area contributed by atoms with E-state index in [0.29, 0.717) is 0 Å². The summed E-state index contributed by atoms with van der Waals surface area (Å²) in [6, 6.07) is 19.3. The number of benzene rings is 3. The minimum absolute atomic E-state index is 0.0814. The molecule has 0 aliphatic heterocycles. The Bertz CT molecular complexity index is 1190. The molecule has 0 radical (unpaired) electrons. The average Bonchev–Trinajstić information content (AvgIpc) is 2.77. The van der Waals surface area contributed by atoms with Crippen molar-refractivity contribution in [3.63, 3.8) is 0 Å². The van der Waals surface area contributed by atoms with Gasteiger partial charge < -0.3 is 9.47 Å². The Balaban J connectivity index is 1.70. The third-order valence-electron chi connectivity index (χ3n) is 4.06. The molecule has 0 N–H and O–H groups in total. The number of halogens is 1. The highest BCUT2D eigenvalue weighted by Gasteiger charge is 2.14. The molecule has 0 aliphatic rings. The van der Waals surface area contributed by atoms with Gasteiger partial charge in [0.15, 0.2) is 12.4 Å². The van der Waals surface area contributed by atoms with E-state index in [9.17, 15) is 19.2 Å². The van der Waals surface area contributed by atoms with Crippen LogP contribution in [0.4, 0.5) is 4.39 Å². The zero-order chi connectivity index (χ0) is 21.5. The van der Waals surface area contributed by atoms with Crippen LogP contribution in [0.1, 0.15) is 31.8 Å². The van der Waals surface area contributed by atoms with Crippen molar-refractivity contribution in [3.05, 3.63) is 94.8 Å². The molecule has 0 bridgehead atoms. The number of ether oxygens (including phenoxy) is 2. The maximum Gasteiger partial charge on any atom is 0.338 e. The standard InChI is InChI=1S/C23H13FN2O4/c24-18-9-7-15(8-10-18)21(27)14-29-23(28)16-3-1-5-19(11-16)30-22-6-2-4-17(12-25)20(22)13-26/h1-11H,14H2. The first-order valence-corrected chi connectivity index (χ1v) is 8.69. The largest absolute Gasteiger partial charge is 0.456 e. The number of hydrogen-bond donors (Lipinski definition) is 0. The van der Waals surface area contributed by atoms with E-state index in [-0.39, 0.29) is 33.8 Å². The van der Waals surface area contributed by atoms with Crippen LogP contribution in [-0.4, -0.2) is 18.4 Å². The van der Waals surface area contributed by atoms with Crippen LogP contribution in [-0.2, 0) is 4.74 Å². The van der Waals surface area contributed by atoms with Gasteiger partial charge >= 0.3 is 5.97 Å². The Labute approximate surface area is 171 Å². The third kappa shape index (κ3) is 4.67. The van der Waals surface area contributed by atoms with Crippen molar-refractivity contribution in [1.29, 1.82) is 10.5 Å². The molecule has 3 aromatic carbocycles. The maximum atomic E-state index is 12.9. The second-order valence-electron chi connectivity index (χ2n) is 6.04. The highest BCUT2D eigenvalue weighted by Crippen LogP contribution is 2.27. The quantitative estimate of drug-likeness (QED) is 0.449. The van der Waals surface area contributed by atoms with E-state index >= 15 is 0 Å². The van der Waals surface area contributed by atoms with Crippen LogP contribution < -0.4 is 4.74 Å². The molecule has 0 heterocycles. The minimum atomic E-state index is -0.748. The highest BCUT2D eigenvalue weighted by atomic mass is 19.1. The zero-order valence-electron chi connectivity index (χ0n) is 15.5. The molecule has 0 unspecified atom stereocenters. The van der Waals surface area contributed by atoms with Crippen LogP contribution in [0.15, 0.2) is 66.7 Å². The van der Waals surface area contributed by atoms with E-state index in [1.807, 2.05) is 12.1 Å². The van der Waals surface area contributed by atoms with Gasteiger partial charge in [0.1, 0.15) is 35.0 Å². The van der Waals surface area contributed by atoms with Crippen molar-refractivity contribution in [2.75, 3.05) is 6.61 Å². The molecule has 0 aliphatic carbocycles. The summed E-state index contributed by atoms with van der Waals surface area (Å²) in [4.78, 5) is 24.3. The van der Waals surface area contributed by atoms with E-state index in [0.717, 1.165) is 12.1 Å². The normalized spacial score (nSPS) is 9.83. The average molecular weight is 400 g/mol. The number of nitrogens with zero attached hydrogens (tertiary/aromatic N) is 2. The van der Waals surface area contributed by atoms with Crippen molar-refractivity contribution in [2.24, 2.45) is 0 Å². The summed E-state index contributed by atoms with van der Waals surface area (Å²) in [5.41, 5.74) is 0.611. The molecule has 0 amide bonds. The molecule has 0 fully saturated rings. The van der Waals surface area contributed by atoms with Crippen LogP contribution in [0.3, 0.4) is 0 Å². The lowest BCUT2D eigenvalue weighted by molar-refractivity contribution is 0.0474. The molecule has 0 spiro atoms. The van der Waals surface area contributed by atoms with Gasteiger partial charge in [-0.1, -0.05) is 12.1 Å². The predicted molar refractivity (Wildman–Crippen MR) is 103 cm³/mol. The topological polar surface area (TPSA) is 100 Å². The van der Waals surface area contributed by atoms with Gasteiger partial charge in [-0.15, -0.1) is 0 Å². The van der Waals surface area contributed by atoms with E-state index in [1.54, 1.807) is 18.2 Å². The van der Waals surface area contributed by atoms with Crippen molar-refractivity contribution < 1.29 is 23.5 Å². The monoisotopic (exact) mass is 400 g/mol. The van der Waals surface area contributed by atoms with Gasteiger partial charge in [-0.05, 0) is 54.6 Å². The van der Waals surface area contributed by atoms with Gasteiger partial charge in [-0.25, -0.2) is 9.18 Å². The van der Waals surface area contributed by atoms with E-state index < -0.39 is 24.2 Å². The molecule has 0 atom stereocenters. The Hall–Kier alpha value is -4.49. The Morgan fingerprint density at radius 2 is 1.63 bits per heavy atom. The molecule has 0 saturated heterocycles. The summed E-state index contributed by atoms with van der Waals surface area (Å²) in [5, 5.41) is 18.4. The molecule has 0 saturated carbocycles. The SMILES string of the molecule is N#Cc1cccc(Oc2cccc(C(=O)OCC(=O)c3ccc(F)cc3)c2)c1C#N. The fourth-order valence-electron chi connectivity index (χ4n) is 2.57. The van der Waals surface area contributed by atoms with Crippen LogP contribution in [0.2, 0.25) is 0 Å². The molecule has 6 nitrogen and oxygen atoms in total. The smallest absolute Gasteiger partial charge is 0.338 e. The lowest BCUT2D eigenvalue weighted by atomic mass is 10.1. The van der Waals surface area contributed by atoms with E-state index in [2.05, 4.69) is 0 Å². The first kappa shape index (κ1) is 20.2. The fraction of sp³-hybridized carbons (Fsp3) is 0.0435. The van der Waals surface area contributed by atoms with Crippen LogP contribution in [0.5, 0.6) is 11.5 Å². The summed E-state index contributed by atoms with van der Waals surface area (Å²) in [5.74, 6) is -1.26. The van der Waals surface area contributed by atoms with Gasteiger partial charge in [-0.3, -0.25) is 4.79 Å². The summed E-state index contributed by atoms with van der Waals surface area (Å²) in [7, 11) is 0. The number of Topliss-reactive ketones (excluding diaryl/α,β-unsaturated/α-hetero) is 1. The van der Waals surface area contributed by atoms with Crippen molar-refractivity contribution in [2.45, 2.75) is 0 Å². The second-order valence-corrected chi connectivity index (χ2v) is 6.04. The van der Waals surface area contributed by atoms with Crippen LogP contribution in [0, 0.1) is 28.5 Å². The van der Waals surface area contributed by atoms with Crippen LogP contribution >= 0.6 is 0 Å². The van der Waals surface area contributed by atoms with Crippen LogP contribution in [0.25, 0.3) is 0 Å². The molecular weight excluding hydrogens is 387 g/mol. The molecule has 30 heavy (non-hydrogen) atoms. The summed E-state index contributed by atoms with van der Waals surface area (Å²) >= 11 is 0. The number of carbonyl (C=O) groups is 2. The lowest BCUT2D eigenvalue weighted by Crippen LogP contribution is -2.14. The number of hydrogen-bond acceptors (Lipinski definition) is 6. The third-order valence-corrected chi connectivity index (χ3v) is 4.06. The number of ketones is 1. The van der Waals surface area contributed by atoms with Gasteiger partial charge in [0.05, 0.1) is 11.1 Å². The summed E-state index contributed by atoms with van der Waals surface area (Å²) in [6.07, 6.45) is 0. The van der Waals surface area contributed by atoms with Gasteiger partial charge in [-0.2, -0.15) is 10.5 Å². The van der Waals surface area contributed by atoms with Gasteiger partial charge in [0.2, 0.25) is 0 Å². The minimum Gasteiger partial charge on any atom is -0.456 e. The molecular formula is C23H13FN2O4. The number of esters is 1. The van der Waals surface area contributed by atoms with E-state index in [1.165, 1.54) is 36.4 Å². The van der Waals surface area contributed by atoms with Gasteiger partial charge in [0, 0.05) is 5.56 Å². The lowest BCUT2D eigenvalue weighted by Gasteiger charge is -2.10. The summed E-state index contributed by atoms with van der Waals surface area (Å²) < 4.78 is 23.6. The molecule has 7 heteroatoms. The first-order valence-electron chi connectivity index (χ1n) is 8.69. The molecule has 3 aromatic rings. The number of rotatable bonds is 6. The fourth-order valence-corrected chi connectivity index (χ4v) is 2.57. The Morgan fingerprint density at radius 3 is 2.33 bits per heavy atom. The van der Waals surface area contributed by atoms with Gasteiger partial charge in [0.25, 0.3) is 0 Å².